The number of aliphatic hydroxyl groups excluding tert-OH is 1. The fourth-order valence-corrected chi connectivity index (χ4v) is 1.43. The summed E-state index contributed by atoms with van der Waals surface area (Å²) in [5, 5.41) is 17.3. The van der Waals surface area contributed by atoms with E-state index in [-0.39, 0.29) is 0 Å². The Labute approximate surface area is 96.7 Å². The molecule has 0 bridgehead atoms. The fourth-order valence-electron chi connectivity index (χ4n) is 1.43. The molecule has 0 radical (unpaired) electrons. The zero-order chi connectivity index (χ0) is 11.8. The van der Waals surface area contributed by atoms with Crippen LogP contribution < -0.4 is 4.74 Å². The lowest BCUT2D eigenvalue weighted by atomic mass is 10.2. The molecule has 3 heteroatoms. The summed E-state index contributed by atoms with van der Waals surface area (Å²) in [7, 11) is 0. The van der Waals surface area contributed by atoms with Gasteiger partial charge in [-0.2, -0.15) is 0 Å². The average Bonchev–Trinajstić information content (AvgIpc) is 2.25. The second-order valence-corrected chi connectivity index (χ2v) is 3.99. The standard InChI is InChI=1S/C13H20O3/c1-11-6-8-12(9-7-11)16-10-4-2-3-5-13(14)15/h6-9,13-15H,2-5,10H2,1H3. The quantitative estimate of drug-likeness (QED) is 0.551. The van der Waals surface area contributed by atoms with Crippen molar-refractivity contribution in [1.82, 2.24) is 0 Å². The van der Waals surface area contributed by atoms with Crippen molar-refractivity contribution in [1.29, 1.82) is 0 Å². The Kier molecular flexibility index (Phi) is 5.90. The van der Waals surface area contributed by atoms with Crippen LogP contribution in [0.4, 0.5) is 0 Å². The Bertz CT molecular complexity index is 280. The van der Waals surface area contributed by atoms with Crippen LogP contribution in [0, 0.1) is 6.92 Å². The van der Waals surface area contributed by atoms with Gasteiger partial charge in [0.2, 0.25) is 0 Å². The van der Waals surface area contributed by atoms with Gasteiger partial charge in [0, 0.05) is 0 Å². The highest BCUT2D eigenvalue weighted by molar-refractivity contribution is 5.26. The summed E-state index contributed by atoms with van der Waals surface area (Å²) in [5.41, 5.74) is 1.23. The fraction of sp³-hybridized carbons (Fsp3) is 0.538. The number of rotatable bonds is 7. The number of ether oxygens (including phenoxy) is 1. The highest BCUT2D eigenvalue weighted by atomic mass is 16.5. The van der Waals surface area contributed by atoms with E-state index in [4.69, 9.17) is 14.9 Å². The van der Waals surface area contributed by atoms with Gasteiger partial charge >= 0.3 is 0 Å². The number of aliphatic hydroxyl groups is 2. The first-order chi connectivity index (χ1) is 7.68. The van der Waals surface area contributed by atoms with Crippen LogP contribution in [0.1, 0.15) is 31.2 Å². The normalized spacial score (nSPS) is 10.8. The maximum absolute atomic E-state index is 8.64. The first kappa shape index (κ1) is 13.0. The Morgan fingerprint density at radius 2 is 1.75 bits per heavy atom. The van der Waals surface area contributed by atoms with Crippen LogP contribution in [0.25, 0.3) is 0 Å². The number of unbranched alkanes of at least 4 members (excludes halogenated alkanes) is 2. The lowest BCUT2D eigenvalue weighted by Gasteiger charge is -2.06. The van der Waals surface area contributed by atoms with Crippen molar-refractivity contribution in [3.05, 3.63) is 29.8 Å². The van der Waals surface area contributed by atoms with E-state index in [1.165, 1.54) is 5.56 Å². The topological polar surface area (TPSA) is 49.7 Å². The lowest BCUT2D eigenvalue weighted by Crippen LogP contribution is -2.04. The molecule has 0 aliphatic heterocycles. The van der Waals surface area contributed by atoms with Gasteiger partial charge in [0.05, 0.1) is 6.61 Å². The van der Waals surface area contributed by atoms with Crippen molar-refractivity contribution in [3.8, 4) is 5.75 Å². The van der Waals surface area contributed by atoms with Gasteiger partial charge in [-0.25, -0.2) is 0 Å². The van der Waals surface area contributed by atoms with Crippen molar-refractivity contribution >= 4 is 0 Å². The molecular formula is C13H20O3. The third kappa shape index (κ3) is 5.73. The summed E-state index contributed by atoms with van der Waals surface area (Å²) in [5.74, 6) is 0.896. The van der Waals surface area contributed by atoms with E-state index in [1.807, 2.05) is 31.2 Å². The molecule has 0 amide bonds. The summed E-state index contributed by atoms with van der Waals surface area (Å²) in [6.07, 6.45) is 2.02. The second kappa shape index (κ2) is 7.25. The van der Waals surface area contributed by atoms with Crippen molar-refractivity contribution in [2.75, 3.05) is 6.61 Å². The zero-order valence-corrected chi connectivity index (χ0v) is 9.72. The largest absolute Gasteiger partial charge is 0.494 e. The van der Waals surface area contributed by atoms with Crippen LogP contribution in [0.3, 0.4) is 0 Å². The number of benzene rings is 1. The molecule has 0 aromatic heterocycles. The predicted octanol–water partition coefficient (Wildman–Crippen LogP) is 2.24. The molecular weight excluding hydrogens is 204 g/mol. The van der Waals surface area contributed by atoms with Crippen LogP contribution in [-0.2, 0) is 0 Å². The number of hydrogen-bond acceptors (Lipinski definition) is 3. The molecule has 1 aromatic carbocycles. The summed E-state index contributed by atoms with van der Waals surface area (Å²) >= 11 is 0. The van der Waals surface area contributed by atoms with Crippen LogP contribution in [0.2, 0.25) is 0 Å². The summed E-state index contributed by atoms with van der Waals surface area (Å²) in [6.45, 7) is 2.73. The molecule has 1 rings (SSSR count). The minimum Gasteiger partial charge on any atom is -0.494 e. The van der Waals surface area contributed by atoms with E-state index in [0.29, 0.717) is 13.0 Å². The summed E-state index contributed by atoms with van der Waals surface area (Å²) in [4.78, 5) is 0. The maximum Gasteiger partial charge on any atom is 0.151 e. The highest BCUT2D eigenvalue weighted by Crippen LogP contribution is 2.12. The Morgan fingerprint density at radius 3 is 2.38 bits per heavy atom. The van der Waals surface area contributed by atoms with Gasteiger partial charge in [-0.1, -0.05) is 17.7 Å². The smallest absolute Gasteiger partial charge is 0.151 e. The molecule has 2 N–H and O–H groups in total. The first-order valence-corrected chi connectivity index (χ1v) is 5.74. The molecule has 1 aromatic rings. The molecule has 0 spiro atoms. The van der Waals surface area contributed by atoms with E-state index in [9.17, 15) is 0 Å². The molecule has 0 fully saturated rings. The van der Waals surface area contributed by atoms with Crippen molar-refractivity contribution in [3.63, 3.8) is 0 Å². The van der Waals surface area contributed by atoms with Gasteiger partial charge in [0.1, 0.15) is 5.75 Å². The molecule has 0 unspecified atom stereocenters. The van der Waals surface area contributed by atoms with E-state index in [2.05, 4.69) is 0 Å². The molecule has 16 heavy (non-hydrogen) atoms. The molecule has 0 atom stereocenters. The molecule has 0 heterocycles. The number of aryl methyl sites for hydroxylation is 1. The zero-order valence-electron chi connectivity index (χ0n) is 9.72. The highest BCUT2D eigenvalue weighted by Gasteiger charge is 1.97. The Morgan fingerprint density at radius 1 is 1.06 bits per heavy atom. The van der Waals surface area contributed by atoms with Crippen molar-refractivity contribution < 1.29 is 14.9 Å². The van der Waals surface area contributed by atoms with Gasteiger partial charge in [-0.05, 0) is 44.7 Å². The first-order valence-electron chi connectivity index (χ1n) is 5.74. The van der Waals surface area contributed by atoms with Crippen molar-refractivity contribution in [2.45, 2.75) is 38.9 Å². The summed E-state index contributed by atoms with van der Waals surface area (Å²) < 4.78 is 5.54. The minimum atomic E-state index is -1.17. The number of hydrogen-bond donors (Lipinski definition) is 2. The van der Waals surface area contributed by atoms with Crippen LogP contribution in [0.5, 0.6) is 5.75 Å². The minimum absolute atomic E-state index is 0.449. The maximum atomic E-state index is 8.64. The SMILES string of the molecule is Cc1ccc(OCCCCCC(O)O)cc1. The molecule has 0 aliphatic carbocycles. The molecule has 0 aliphatic rings. The monoisotopic (exact) mass is 224 g/mol. The predicted molar refractivity (Wildman–Crippen MR) is 63.4 cm³/mol. The van der Waals surface area contributed by atoms with Crippen LogP contribution in [0.15, 0.2) is 24.3 Å². The van der Waals surface area contributed by atoms with E-state index < -0.39 is 6.29 Å². The third-order valence-corrected chi connectivity index (χ3v) is 2.40. The lowest BCUT2D eigenvalue weighted by molar-refractivity contribution is -0.0466. The summed E-state index contributed by atoms with van der Waals surface area (Å²) in [6, 6.07) is 7.98. The molecule has 90 valence electrons. The second-order valence-electron chi connectivity index (χ2n) is 3.99. The average molecular weight is 224 g/mol. The van der Waals surface area contributed by atoms with Gasteiger partial charge < -0.3 is 14.9 Å². The van der Waals surface area contributed by atoms with Gasteiger partial charge in [-0.15, -0.1) is 0 Å². The van der Waals surface area contributed by atoms with E-state index >= 15 is 0 Å². The Balaban J connectivity index is 2.05. The van der Waals surface area contributed by atoms with Gasteiger partial charge in [0.25, 0.3) is 0 Å². The van der Waals surface area contributed by atoms with Gasteiger partial charge in [-0.3, -0.25) is 0 Å². The van der Waals surface area contributed by atoms with E-state index in [1.54, 1.807) is 0 Å². The third-order valence-electron chi connectivity index (χ3n) is 2.40. The van der Waals surface area contributed by atoms with Crippen molar-refractivity contribution in [2.24, 2.45) is 0 Å². The van der Waals surface area contributed by atoms with E-state index in [0.717, 1.165) is 25.0 Å². The van der Waals surface area contributed by atoms with Crippen LogP contribution >= 0.6 is 0 Å². The molecule has 0 saturated carbocycles. The molecule has 0 saturated heterocycles. The van der Waals surface area contributed by atoms with Crippen LogP contribution in [-0.4, -0.2) is 23.1 Å². The molecule has 3 nitrogen and oxygen atoms in total. The van der Waals surface area contributed by atoms with Gasteiger partial charge in [0.15, 0.2) is 6.29 Å². The Hall–Kier alpha value is -1.06.